The second kappa shape index (κ2) is 9.06. The molecule has 4 rings (SSSR count). The summed E-state index contributed by atoms with van der Waals surface area (Å²) in [5.41, 5.74) is 3.65. The molecule has 2 unspecified atom stereocenters. The largest absolute Gasteiger partial charge is 0.385 e. The van der Waals surface area contributed by atoms with Crippen molar-refractivity contribution in [1.82, 2.24) is 5.32 Å². The number of anilines is 2. The molecule has 2 aliphatic rings. The van der Waals surface area contributed by atoms with Crippen molar-refractivity contribution in [2.45, 2.75) is 18.9 Å². The van der Waals surface area contributed by atoms with Crippen LogP contribution in [0.5, 0.6) is 0 Å². The number of hydrogen-bond acceptors (Lipinski definition) is 4. The Bertz CT molecular complexity index is 860. The Morgan fingerprint density at radius 3 is 2.90 bits per heavy atom. The summed E-state index contributed by atoms with van der Waals surface area (Å²) < 4.78 is 5.10. The van der Waals surface area contributed by atoms with Gasteiger partial charge in [0.2, 0.25) is 5.91 Å². The SMILES string of the molecule is COCCCNC(=O)C1Cc2ccccc2N2CCN(c3cccc(Cl)c3)CC12. The molecule has 2 heterocycles. The maximum absolute atomic E-state index is 13.1. The predicted octanol–water partition coefficient (Wildman–Crippen LogP) is 3.36. The van der Waals surface area contributed by atoms with Gasteiger partial charge in [0.15, 0.2) is 0 Å². The number of halogens is 1. The van der Waals surface area contributed by atoms with Crippen molar-refractivity contribution in [2.24, 2.45) is 5.92 Å². The second-order valence-corrected chi connectivity index (χ2v) is 8.20. The van der Waals surface area contributed by atoms with Crippen LogP contribution in [0.2, 0.25) is 5.02 Å². The first-order chi connectivity index (χ1) is 14.2. The Hall–Kier alpha value is -2.24. The van der Waals surface area contributed by atoms with Crippen molar-refractivity contribution >= 4 is 28.9 Å². The van der Waals surface area contributed by atoms with E-state index in [9.17, 15) is 4.79 Å². The highest BCUT2D eigenvalue weighted by Crippen LogP contribution is 2.37. The molecule has 2 atom stereocenters. The number of amides is 1. The van der Waals surface area contributed by atoms with Crippen LogP contribution >= 0.6 is 11.6 Å². The summed E-state index contributed by atoms with van der Waals surface area (Å²) >= 11 is 6.22. The van der Waals surface area contributed by atoms with Gasteiger partial charge in [0.25, 0.3) is 0 Å². The summed E-state index contributed by atoms with van der Waals surface area (Å²) in [4.78, 5) is 17.9. The van der Waals surface area contributed by atoms with E-state index in [4.69, 9.17) is 16.3 Å². The molecular formula is C23H28ClN3O2. The molecule has 0 aromatic heterocycles. The molecule has 0 radical (unpaired) electrons. The summed E-state index contributed by atoms with van der Waals surface area (Å²) in [5, 5.41) is 3.87. The lowest BCUT2D eigenvalue weighted by Gasteiger charge is -2.49. The maximum atomic E-state index is 13.1. The van der Waals surface area contributed by atoms with E-state index in [1.165, 1.54) is 11.3 Å². The molecule has 2 aromatic rings. The molecule has 0 spiro atoms. The van der Waals surface area contributed by atoms with Gasteiger partial charge >= 0.3 is 0 Å². The van der Waals surface area contributed by atoms with Crippen LogP contribution in [-0.2, 0) is 16.0 Å². The van der Waals surface area contributed by atoms with E-state index in [0.29, 0.717) is 13.2 Å². The zero-order chi connectivity index (χ0) is 20.2. The lowest BCUT2D eigenvalue weighted by molar-refractivity contribution is -0.125. The quantitative estimate of drug-likeness (QED) is 0.737. The topological polar surface area (TPSA) is 44.8 Å². The van der Waals surface area contributed by atoms with Gasteiger partial charge in [-0.1, -0.05) is 35.9 Å². The van der Waals surface area contributed by atoms with E-state index in [-0.39, 0.29) is 17.9 Å². The number of fused-ring (bicyclic) bond motifs is 3. The van der Waals surface area contributed by atoms with Crippen LogP contribution < -0.4 is 15.1 Å². The summed E-state index contributed by atoms with van der Waals surface area (Å²) in [7, 11) is 1.68. The van der Waals surface area contributed by atoms with Gasteiger partial charge < -0.3 is 19.9 Å². The molecule has 0 saturated carbocycles. The molecule has 5 nitrogen and oxygen atoms in total. The average molecular weight is 414 g/mol. The van der Waals surface area contributed by atoms with Gasteiger partial charge in [-0.3, -0.25) is 4.79 Å². The number of carbonyl (C=O) groups is 1. The number of nitrogens with zero attached hydrogens (tertiary/aromatic N) is 2. The number of benzene rings is 2. The van der Waals surface area contributed by atoms with Crippen molar-refractivity contribution in [2.75, 3.05) is 49.7 Å². The highest BCUT2D eigenvalue weighted by molar-refractivity contribution is 6.30. The van der Waals surface area contributed by atoms with Crippen LogP contribution in [0.25, 0.3) is 0 Å². The van der Waals surface area contributed by atoms with E-state index in [1.807, 2.05) is 18.2 Å². The minimum atomic E-state index is -0.0746. The van der Waals surface area contributed by atoms with Gasteiger partial charge in [-0.2, -0.15) is 0 Å². The van der Waals surface area contributed by atoms with E-state index < -0.39 is 0 Å². The van der Waals surface area contributed by atoms with Gasteiger partial charge in [0.1, 0.15) is 0 Å². The number of nitrogens with one attached hydrogen (secondary N) is 1. The number of carbonyl (C=O) groups excluding carboxylic acids is 1. The Labute approximate surface area is 177 Å². The van der Waals surface area contributed by atoms with Crippen LogP contribution in [-0.4, -0.2) is 51.8 Å². The Morgan fingerprint density at radius 1 is 1.21 bits per heavy atom. The fourth-order valence-electron chi connectivity index (χ4n) is 4.52. The highest BCUT2D eigenvalue weighted by atomic mass is 35.5. The van der Waals surface area contributed by atoms with Crippen molar-refractivity contribution in [3.63, 3.8) is 0 Å². The first-order valence-corrected chi connectivity index (χ1v) is 10.7. The van der Waals surface area contributed by atoms with Gasteiger partial charge in [-0.25, -0.2) is 0 Å². The van der Waals surface area contributed by atoms with E-state index in [1.54, 1.807) is 7.11 Å². The Balaban J connectivity index is 1.56. The second-order valence-electron chi connectivity index (χ2n) is 7.76. The Morgan fingerprint density at radius 2 is 2.07 bits per heavy atom. The maximum Gasteiger partial charge on any atom is 0.225 e. The normalized spacial score (nSPS) is 20.8. The minimum absolute atomic E-state index is 0.0746. The van der Waals surface area contributed by atoms with Crippen molar-refractivity contribution in [1.29, 1.82) is 0 Å². The molecule has 2 aromatic carbocycles. The third-order valence-corrected chi connectivity index (χ3v) is 6.19. The molecule has 154 valence electrons. The summed E-state index contributed by atoms with van der Waals surface area (Å²) in [5.74, 6) is 0.0629. The molecule has 6 heteroatoms. The third kappa shape index (κ3) is 4.36. The summed E-state index contributed by atoms with van der Waals surface area (Å²) in [6, 6.07) is 16.6. The highest BCUT2D eigenvalue weighted by Gasteiger charge is 2.41. The molecule has 1 fully saturated rings. The number of para-hydroxylation sites is 1. The monoisotopic (exact) mass is 413 g/mol. The average Bonchev–Trinajstić information content (AvgIpc) is 2.75. The van der Waals surface area contributed by atoms with Gasteiger partial charge in [-0.15, -0.1) is 0 Å². The molecule has 1 amide bonds. The molecular weight excluding hydrogens is 386 g/mol. The molecule has 0 bridgehead atoms. The molecule has 29 heavy (non-hydrogen) atoms. The van der Waals surface area contributed by atoms with Crippen LogP contribution in [0.3, 0.4) is 0 Å². The number of rotatable bonds is 6. The molecule has 1 saturated heterocycles. The first kappa shape index (κ1) is 20.0. The van der Waals surface area contributed by atoms with E-state index in [2.05, 4.69) is 45.4 Å². The Kier molecular flexibility index (Phi) is 6.26. The summed E-state index contributed by atoms with van der Waals surface area (Å²) in [6.07, 6.45) is 1.60. The lowest BCUT2D eigenvalue weighted by atomic mass is 9.83. The first-order valence-electron chi connectivity index (χ1n) is 10.3. The third-order valence-electron chi connectivity index (χ3n) is 5.96. The van der Waals surface area contributed by atoms with Crippen LogP contribution in [0.1, 0.15) is 12.0 Å². The van der Waals surface area contributed by atoms with Gasteiger partial charge in [-0.05, 0) is 42.7 Å². The van der Waals surface area contributed by atoms with Crippen molar-refractivity contribution in [3.8, 4) is 0 Å². The smallest absolute Gasteiger partial charge is 0.225 e. The van der Waals surface area contributed by atoms with E-state index >= 15 is 0 Å². The van der Waals surface area contributed by atoms with Crippen molar-refractivity contribution in [3.05, 3.63) is 59.1 Å². The molecule has 0 aliphatic carbocycles. The molecule has 2 aliphatic heterocycles. The fourth-order valence-corrected chi connectivity index (χ4v) is 4.71. The minimum Gasteiger partial charge on any atom is -0.385 e. The zero-order valence-corrected chi connectivity index (χ0v) is 17.6. The lowest BCUT2D eigenvalue weighted by Crippen LogP contribution is -2.61. The predicted molar refractivity (Wildman–Crippen MR) is 118 cm³/mol. The number of hydrogen-bond donors (Lipinski definition) is 1. The number of ether oxygens (including phenoxy) is 1. The van der Waals surface area contributed by atoms with Gasteiger partial charge in [0, 0.05) is 56.3 Å². The van der Waals surface area contributed by atoms with Crippen LogP contribution in [0.4, 0.5) is 11.4 Å². The number of methoxy groups -OCH3 is 1. The van der Waals surface area contributed by atoms with E-state index in [0.717, 1.165) is 43.2 Å². The van der Waals surface area contributed by atoms with Crippen LogP contribution in [0.15, 0.2) is 48.5 Å². The zero-order valence-electron chi connectivity index (χ0n) is 16.8. The summed E-state index contributed by atoms with van der Waals surface area (Å²) in [6.45, 7) is 3.92. The van der Waals surface area contributed by atoms with Crippen LogP contribution in [0, 0.1) is 5.92 Å². The fraction of sp³-hybridized carbons (Fsp3) is 0.435. The standard InChI is InChI=1S/C23H28ClN3O2/c1-29-13-5-10-25-23(28)20-14-17-6-2-3-9-21(17)27-12-11-26(16-22(20)27)19-8-4-7-18(24)15-19/h2-4,6-9,15,20,22H,5,10-14,16H2,1H3,(H,25,28). The van der Waals surface area contributed by atoms with Crippen molar-refractivity contribution < 1.29 is 9.53 Å². The number of piperazine rings is 1. The molecule has 1 N–H and O–H groups in total. The van der Waals surface area contributed by atoms with Gasteiger partial charge in [0.05, 0.1) is 12.0 Å².